The van der Waals surface area contributed by atoms with Gasteiger partial charge in [-0.1, -0.05) is 39.1 Å². The summed E-state index contributed by atoms with van der Waals surface area (Å²) in [6.07, 6.45) is 0. The van der Waals surface area contributed by atoms with Gasteiger partial charge in [0.05, 0.1) is 10.0 Å². The van der Waals surface area contributed by atoms with Gasteiger partial charge >= 0.3 is 0 Å². The molecule has 0 spiro atoms. The molecule has 0 radical (unpaired) electrons. The van der Waals surface area contributed by atoms with Crippen LogP contribution in [0.4, 0.5) is 5.69 Å². The van der Waals surface area contributed by atoms with Crippen molar-refractivity contribution in [3.05, 3.63) is 36.8 Å². The number of benzene rings is 1. The van der Waals surface area contributed by atoms with Crippen LogP contribution in [0.25, 0.3) is 0 Å². The van der Waals surface area contributed by atoms with Crippen LogP contribution in [0.5, 0.6) is 0 Å². The molecule has 0 aliphatic rings. The average Bonchev–Trinajstić information content (AvgIpc) is 1.96. The fourth-order valence-electron chi connectivity index (χ4n) is 0.740. The molecule has 7 heteroatoms. The van der Waals surface area contributed by atoms with E-state index in [0.29, 0.717) is 4.47 Å². The summed E-state index contributed by atoms with van der Waals surface area (Å²) in [5, 5.41) is 9.78. The highest BCUT2D eigenvalue weighted by molar-refractivity contribution is 9.10. The Bertz CT molecular complexity index is 335. The van der Waals surface area contributed by atoms with Crippen molar-refractivity contribution in [3.63, 3.8) is 0 Å². The molecule has 1 aromatic carbocycles. The molecule has 0 aliphatic heterocycles. The fraction of sp³-hybridized carbons (Fsp3) is 0. The molecule has 4 nitrogen and oxygen atoms in total. The van der Waals surface area contributed by atoms with Gasteiger partial charge in [-0.3, -0.25) is 0 Å². The summed E-state index contributed by atoms with van der Waals surface area (Å²) < 4.78 is 0.663. The third-order valence-corrected chi connectivity index (χ3v) is 2.26. The van der Waals surface area contributed by atoms with Gasteiger partial charge in [0.1, 0.15) is 5.69 Å². The normalized spacial score (nSPS) is 9.77. The fourth-order valence-corrected chi connectivity index (χ4v) is 2.03. The van der Waals surface area contributed by atoms with Gasteiger partial charge in [0.2, 0.25) is 0 Å². The number of nitrogens with one attached hydrogen (secondary N) is 1. The number of halogens is 3. The van der Waals surface area contributed by atoms with Crippen LogP contribution in [0.3, 0.4) is 0 Å². The van der Waals surface area contributed by atoms with Crippen LogP contribution in [0.1, 0.15) is 0 Å². The molecule has 0 fully saturated rings. The van der Waals surface area contributed by atoms with E-state index >= 15 is 0 Å². The van der Waals surface area contributed by atoms with Gasteiger partial charge in [-0.25, -0.2) is 10.1 Å². The predicted molar refractivity (Wildman–Crippen MR) is 54.8 cm³/mol. The summed E-state index contributed by atoms with van der Waals surface area (Å²) in [5.41, 5.74) is 2.00. The zero-order valence-electron chi connectivity index (χ0n) is 6.05. The van der Waals surface area contributed by atoms with Crippen LogP contribution in [0, 0.1) is 10.1 Å². The summed E-state index contributed by atoms with van der Waals surface area (Å²) >= 11 is 14.5. The summed E-state index contributed by atoms with van der Waals surface area (Å²) in [4.78, 5) is 10.1. The monoisotopic (exact) mass is 284 g/mol. The zero-order chi connectivity index (χ0) is 10.0. The van der Waals surface area contributed by atoms with E-state index < -0.39 is 5.03 Å². The SMILES string of the molecule is O=[N+]([O-])Nc1c(Cl)cc(Br)cc1Cl. The molecule has 0 saturated heterocycles. The molecule has 0 atom stereocenters. The molecule has 1 N–H and O–H groups in total. The maximum Gasteiger partial charge on any atom is 0.162 e. The molecule has 1 rings (SSSR count). The number of nitro groups is 1. The third kappa shape index (κ3) is 2.72. The zero-order valence-corrected chi connectivity index (χ0v) is 9.15. The second-order valence-electron chi connectivity index (χ2n) is 2.11. The summed E-state index contributed by atoms with van der Waals surface area (Å²) in [7, 11) is 0. The first-order valence-corrected chi connectivity index (χ1v) is 4.61. The Balaban J connectivity index is 3.13. The lowest BCUT2D eigenvalue weighted by atomic mass is 10.3. The van der Waals surface area contributed by atoms with E-state index in [4.69, 9.17) is 23.2 Å². The van der Waals surface area contributed by atoms with Gasteiger partial charge in [0.15, 0.2) is 5.03 Å². The van der Waals surface area contributed by atoms with Crippen molar-refractivity contribution in [2.75, 3.05) is 5.43 Å². The maximum atomic E-state index is 10.1. The van der Waals surface area contributed by atoms with E-state index in [1.54, 1.807) is 0 Å². The molecule has 13 heavy (non-hydrogen) atoms. The molecule has 1 aromatic rings. The molecule has 0 aromatic heterocycles. The standard InChI is InChI=1S/C6H3BrCl2N2O2/c7-3-1-4(8)6(5(9)2-3)10-11(12)13/h1-2,10H. The number of hydrogen-bond donors (Lipinski definition) is 1. The Morgan fingerprint density at radius 1 is 1.38 bits per heavy atom. The van der Waals surface area contributed by atoms with E-state index in [9.17, 15) is 10.1 Å². The third-order valence-electron chi connectivity index (χ3n) is 1.21. The molecule has 0 unspecified atom stereocenters. The second-order valence-corrected chi connectivity index (χ2v) is 3.84. The van der Waals surface area contributed by atoms with Gasteiger partial charge in [0, 0.05) is 4.47 Å². The maximum absolute atomic E-state index is 10.1. The van der Waals surface area contributed by atoms with Gasteiger partial charge in [-0.15, -0.1) is 5.43 Å². The second kappa shape index (κ2) is 4.13. The first-order chi connectivity index (χ1) is 6.00. The van der Waals surface area contributed by atoms with E-state index in [2.05, 4.69) is 15.9 Å². The molecule has 0 bridgehead atoms. The lowest BCUT2D eigenvalue weighted by molar-refractivity contribution is -0.445. The Kier molecular flexibility index (Phi) is 3.35. The molecule has 0 heterocycles. The van der Waals surface area contributed by atoms with Gasteiger partial charge in [0.25, 0.3) is 0 Å². The smallest absolute Gasteiger partial charge is 0.162 e. The molecular formula is C6H3BrCl2N2O2. The van der Waals surface area contributed by atoms with E-state index in [0.717, 1.165) is 0 Å². The first kappa shape index (κ1) is 10.6. The van der Waals surface area contributed by atoms with Crippen molar-refractivity contribution in [1.82, 2.24) is 0 Å². The Morgan fingerprint density at radius 3 is 2.23 bits per heavy atom. The number of anilines is 1. The minimum Gasteiger partial charge on any atom is -0.235 e. The molecule has 0 aliphatic carbocycles. The van der Waals surface area contributed by atoms with Gasteiger partial charge in [-0.2, -0.15) is 0 Å². The number of rotatable bonds is 2. The van der Waals surface area contributed by atoms with Crippen molar-refractivity contribution >= 4 is 44.8 Å². The highest BCUT2D eigenvalue weighted by Gasteiger charge is 2.11. The lowest BCUT2D eigenvalue weighted by Crippen LogP contribution is -2.08. The summed E-state index contributed by atoms with van der Waals surface area (Å²) in [6.45, 7) is 0. The van der Waals surface area contributed by atoms with Gasteiger partial charge < -0.3 is 0 Å². The van der Waals surface area contributed by atoms with Crippen molar-refractivity contribution in [2.45, 2.75) is 0 Å². The summed E-state index contributed by atoms with van der Waals surface area (Å²) in [6, 6.07) is 3.03. The number of hydrogen-bond acceptors (Lipinski definition) is 2. The van der Waals surface area contributed by atoms with E-state index in [1.807, 2.05) is 5.43 Å². The lowest BCUT2D eigenvalue weighted by Gasteiger charge is -2.03. The van der Waals surface area contributed by atoms with Crippen molar-refractivity contribution in [1.29, 1.82) is 0 Å². The minimum absolute atomic E-state index is 0.0940. The van der Waals surface area contributed by atoms with Crippen LogP contribution >= 0.6 is 39.1 Å². The summed E-state index contributed by atoms with van der Waals surface area (Å²) in [5.74, 6) is 0. The van der Waals surface area contributed by atoms with E-state index in [1.165, 1.54) is 12.1 Å². The molecule has 0 amide bonds. The van der Waals surface area contributed by atoms with Crippen molar-refractivity contribution in [2.24, 2.45) is 0 Å². The molecule has 70 valence electrons. The quantitative estimate of drug-likeness (QED) is 0.670. The van der Waals surface area contributed by atoms with Crippen LogP contribution in [0.2, 0.25) is 10.0 Å². The Hall–Kier alpha value is -0.520. The first-order valence-electron chi connectivity index (χ1n) is 3.06. The molecule has 0 saturated carbocycles. The van der Waals surface area contributed by atoms with Crippen LogP contribution in [-0.4, -0.2) is 5.03 Å². The van der Waals surface area contributed by atoms with Crippen LogP contribution < -0.4 is 5.43 Å². The van der Waals surface area contributed by atoms with Gasteiger partial charge in [-0.05, 0) is 12.1 Å². The van der Waals surface area contributed by atoms with Crippen LogP contribution in [0.15, 0.2) is 16.6 Å². The van der Waals surface area contributed by atoms with Crippen molar-refractivity contribution < 1.29 is 5.03 Å². The van der Waals surface area contributed by atoms with Crippen LogP contribution in [-0.2, 0) is 0 Å². The Morgan fingerprint density at radius 2 is 1.85 bits per heavy atom. The highest BCUT2D eigenvalue weighted by atomic mass is 79.9. The minimum atomic E-state index is -0.721. The van der Waals surface area contributed by atoms with E-state index in [-0.39, 0.29) is 15.7 Å². The van der Waals surface area contributed by atoms with Crippen molar-refractivity contribution in [3.8, 4) is 0 Å². The average molecular weight is 286 g/mol. The molecular weight excluding hydrogens is 283 g/mol. The Labute approximate surface area is 92.1 Å². The number of hydrazine groups is 1. The largest absolute Gasteiger partial charge is 0.235 e. The topological polar surface area (TPSA) is 55.2 Å². The predicted octanol–water partition coefficient (Wildman–Crippen LogP) is 3.36. The number of nitrogens with zero attached hydrogens (tertiary/aromatic N) is 1. The highest BCUT2D eigenvalue weighted by Crippen LogP contribution is 2.33.